The van der Waals surface area contributed by atoms with Crippen molar-refractivity contribution in [1.82, 2.24) is 0 Å². The summed E-state index contributed by atoms with van der Waals surface area (Å²) in [7, 11) is 0. The maximum Gasteiger partial charge on any atom is 0.417 e. The maximum absolute atomic E-state index is 12.5. The third-order valence-corrected chi connectivity index (χ3v) is 2.89. The van der Waals surface area contributed by atoms with E-state index < -0.39 is 23.2 Å². The van der Waals surface area contributed by atoms with Crippen molar-refractivity contribution in [3.8, 4) is 11.8 Å². The molecule has 0 heterocycles. The lowest BCUT2D eigenvalue weighted by Gasteiger charge is -2.10. The molecule has 1 N–H and O–H groups in total. The fourth-order valence-corrected chi connectivity index (χ4v) is 1.85. The molecule has 0 aliphatic heterocycles. The molecule has 0 aliphatic carbocycles. The fourth-order valence-electron chi connectivity index (χ4n) is 1.85. The summed E-state index contributed by atoms with van der Waals surface area (Å²) in [4.78, 5) is 10.7. The number of nitriles is 1. The van der Waals surface area contributed by atoms with Crippen LogP contribution >= 0.6 is 0 Å². The van der Waals surface area contributed by atoms with E-state index in [1.807, 2.05) is 20.8 Å². The number of anilines is 1. The molecule has 0 saturated heterocycles. The van der Waals surface area contributed by atoms with Crippen LogP contribution in [0.1, 0.15) is 38.8 Å². The van der Waals surface area contributed by atoms with Crippen LogP contribution in [0.5, 0.6) is 5.75 Å². The molecule has 0 saturated carbocycles. The second-order valence-electron chi connectivity index (χ2n) is 4.94. The minimum absolute atomic E-state index is 0.0128. The van der Waals surface area contributed by atoms with Gasteiger partial charge in [0, 0.05) is 12.6 Å². The van der Waals surface area contributed by atoms with Crippen LogP contribution in [0.25, 0.3) is 0 Å². The van der Waals surface area contributed by atoms with Crippen molar-refractivity contribution in [3.63, 3.8) is 0 Å². The summed E-state index contributed by atoms with van der Waals surface area (Å²) in [5, 5.41) is 10.7. The summed E-state index contributed by atoms with van der Waals surface area (Å²) in [5.41, 5.74) is -1.51. The zero-order valence-electron chi connectivity index (χ0n) is 16.0. The van der Waals surface area contributed by atoms with Gasteiger partial charge in [-0.3, -0.25) is 4.79 Å². The minimum Gasteiger partial charge on any atom is -0.494 e. The second kappa shape index (κ2) is 12.3. The molecular weight excluding hydrogens is 376 g/mol. The van der Waals surface area contributed by atoms with E-state index in [1.54, 1.807) is 12.1 Å². The van der Waals surface area contributed by atoms with Gasteiger partial charge in [-0.2, -0.15) is 18.4 Å². The normalized spacial score (nSPS) is 9.68. The van der Waals surface area contributed by atoms with E-state index in [1.165, 1.54) is 31.2 Å². The van der Waals surface area contributed by atoms with Crippen molar-refractivity contribution in [1.29, 1.82) is 5.26 Å². The second-order valence-corrected chi connectivity index (χ2v) is 4.94. The number of carbonyl (C=O) groups excluding carboxylic acids is 1. The van der Waals surface area contributed by atoms with Crippen molar-refractivity contribution in [2.45, 2.75) is 33.9 Å². The van der Waals surface area contributed by atoms with Crippen molar-refractivity contribution in [3.05, 3.63) is 59.4 Å². The molecule has 4 nitrogen and oxygen atoms in total. The smallest absolute Gasteiger partial charge is 0.417 e. The number of ether oxygens (including phenoxy) is 1. The molecule has 0 aliphatic rings. The first-order valence-corrected chi connectivity index (χ1v) is 8.44. The predicted octanol–water partition coefficient (Wildman–Crippen LogP) is 5.79. The number of amides is 1. The predicted molar refractivity (Wildman–Crippen MR) is 99.4 cm³/mol. The Morgan fingerprint density at radius 2 is 1.71 bits per heavy atom. The van der Waals surface area contributed by atoms with E-state index in [9.17, 15) is 22.4 Å². The first-order chi connectivity index (χ1) is 13.2. The van der Waals surface area contributed by atoms with Crippen LogP contribution < -0.4 is 10.1 Å². The molecular formula is C20H22F4N2O2. The van der Waals surface area contributed by atoms with Gasteiger partial charge < -0.3 is 10.1 Å². The molecule has 28 heavy (non-hydrogen) atoms. The molecule has 0 fully saturated rings. The number of carbonyl (C=O) groups is 1. The molecule has 1 amide bonds. The Balaban J connectivity index is 0.000000520. The van der Waals surface area contributed by atoms with Crippen molar-refractivity contribution in [2.75, 3.05) is 11.9 Å². The highest BCUT2D eigenvalue weighted by Gasteiger charge is 2.33. The topological polar surface area (TPSA) is 62.1 Å². The van der Waals surface area contributed by atoms with Gasteiger partial charge in [-0.15, -0.1) is 0 Å². The van der Waals surface area contributed by atoms with Gasteiger partial charge in [-0.25, -0.2) is 4.39 Å². The standard InChI is InChI=1S/C10H7F3N2O.C8H9FO.C2H6/c1-6(16)15-8-3-2-7(5-14)9(4-8)10(11,12)13;1-2-10-8-5-3-7(9)4-6-8;1-2/h2-4H,1H3,(H,15,16);3-6H,2H2,1H3;1-2H3. The number of benzene rings is 2. The molecule has 2 aromatic rings. The lowest BCUT2D eigenvalue weighted by molar-refractivity contribution is -0.137. The highest BCUT2D eigenvalue weighted by molar-refractivity contribution is 5.88. The van der Waals surface area contributed by atoms with E-state index >= 15 is 0 Å². The van der Waals surface area contributed by atoms with Crippen LogP contribution in [-0.4, -0.2) is 12.5 Å². The number of nitrogens with zero attached hydrogens (tertiary/aromatic N) is 1. The zero-order valence-corrected chi connectivity index (χ0v) is 16.0. The number of nitrogens with one attached hydrogen (secondary N) is 1. The lowest BCUT2D eigenvalue weighted by Crippen LogP contribution is -2.11. The van der Waals surface area contributed by atoms with Crippen LogP contribution in [0, 0.1) is 17.1 Å². The first kappa shape index (κ1) is 24.9. The van der Waals surface area contributed by atoms with Gasteiger partial charge in [0.15, 0.2) is 0 Å². The van der Waals surface area contributed by atoms with Gasteiger partial charge in [0.25, 0.3) is 0 Å². The van der Waals surface area contributed by atoms with Gasteiger partial charge in [0.05, 0.1) is 23.8 Å². The van der Waals surface area contributed by atoms with Crippen LogP contribution in [0.2, 0.25) is 0 Å². The van der Waals surface area contributed by atoms with Gasteiger partial charge in [0.1, 0.15) is 11.6 Å². The van der Waals surface area contributed by atoms with E-state index in [0.717, 1.165) is 12.1 Å². The zero-order chi connectivity index (χ0) is 21.7. The van der Waals surface area contributed by atoms with E-state index in [0.29, 0.717) is 12.4 Å². The third-order valence-electron chi connectivity index (χ3n) is 2.89. The van der Waals surface area contributed by atoms with Crippen LogP contribution in [-0.2, 0) is 11.0 Å². The summed E-state index contributed by atoms with van der Waals surface area (Å²) in [6.45, 7) is 7.69. The average molecular weight is 398 g/mol. The summed E-state index contributed by atoms with van der Waals surface area (Å²) in [6, 6.07) is 10.4. The molecule has 0 bridgehead atoms. The quantitative estimate of drug-likeness (QED) is 0.666. The molecule has 152 valence electrons. The summed E-state index contributed by atoms with van der Waals surface area (Å²) in [6.07, 6.45) is -4.61. The number of hydrogen-bond acceptors (Lipinski definition) is 3. The van der Waals surface area contributed by atoms with Gasteiger partial charge >= 0.3 is 6.18 Å². The molecule has 8 heteroatoms. The Bertz CT molecular complexity index is 782. The number of hydrogen-bond donors (Lipinski definition) is 1. The van der Waals surface area contributed by atoms with Crippen LogP contribution in [0.4, 0.5) is 23.2 Å². The van der Waals surface area contributed by atoms with E-state index in [4.69, 9.17) is 10.00 Å². The van der Waals surface area contributed by atoms with Crippen LogP contribution in [0.15, 0.2) is 42.5 Å². The molecule has 2 aromatic carbocycles. The minimum atomic E-state index is -4.61. The molecule has 2 rings (SSSR count). The Hall–Kier alpha value is -3.08. The van der Waals surface area contributed by atoms with Gasteiger partial charge in [0.2, 0.25) is 5.91 Å². The van der Waals surface area contributed by atoms with Crippen LogP contribution in [0.3, 0.4) is 0 Å². The maximum atomic E-state index is 12.5. The molecule has 0 aromatic heterocycles. The Morgan fingerprint density at radius 1 is 1.14 bits per heavy atom. The number of halogens is 4. The Kier molecular flexibility index (Phi) is 11.0. The number of rotatable bonds is 3. The highest BCUT2D eigenvalue weighted by atomic mass is 19.4. The summed E-state index contributed by atoms with van der Waals surface area (Å²) < 4.78 is 54.8. The monoisotopic (exact) mass is 398 g/mol. The fraction of sp³-hybridized carbons (Fsp3) is 0.300. The lowest BCUT2D eigenvalue weighted by atomic mass is 10.1. The average Bonchev–Trinajstić information content (AvgIpc) is 2.65. The van der Waals surface area contributed by atoms with Crippen molar-refractivity contribution in [2.24, 2.45) is 0 Å². The molecule has 0 radical (unpaired) electrons. The SMILES string of the molecule is CC.CC(=O)Nc1ccc(C#N)c(C(F)(F)F)c1.CCOc1ccc(F)cc1. The van der Waals surface area contributed by atoms with E-state index in [-0.39, 0.29) is 11.5 Å². The highest BCUT2D eigenvalue weighted by Crippen LogP contribution is 2.33. The Morgan fingerprint density at radius 3 is 2.14 bits per heavy atom. The summed E-state index contributed by atoms with van der Waals surface area (Å²) in [5.74, 6) is 0.00480. The van der Waals surface area contributed by atoms with Crippen molar-refractivity contribution >= 4 is 11.6 Å². The summed E-state index contributed by atoms with van der Waals surface area (Å²) >= 11 is 0. The molecule has 0 unspecified atom stereocenters. The van der Waals surface area contributed by atoms with Gasteiger partial charge in [-0.1, -0.05) is 13.8 Å². The third kappa shape index (κ3) is 9.03. The Labute approximate surface area is 161 Å². The molecule has 0 spiro atoms. The van der Waals surface area contributed by atoms with E-state index in [2.05, 4.69) is 5.32 Å². The number of alkyl halides is 3. The first-order valence-electron chi connectivity index (χ1n) is 8.44. The largest absolute Gasteiger partial charge is 0.494 e. The van der Waals surface area contributed by atoms with Gasteiger partial charge in [-0.05, 0) is 49.4 Å². The molecule has 0 atom stereocenters. The van der Waals surface area contributed by atoms with Crippen molar-refractivity contribution < 1.29 is 27.1 Å².